The Morgan fingerprint density at radius 1 is 1.24 bits per heavy atom. The molecule has 0 radical (unpaired) electrons. The van der Waals surface area contributed by atoms with Gasteiger partial charge in [-0.1, -0.05) is 40.5 Å². The second-order valence-electron chi connectivity index (χ2n) is 5.31. The lowest BCUT2D eigenvalue weighted by atomic mass is 9.96. The van der Waals surface area contributed by atoms with E-state index < -0.39 is 0 Å². The lowest BCUT2D eigenvalue weighted by Gasteiger charge is -2.23. The Labute approximate surface area is 106 Å². The van der Waals surface area contributed by atoms with Crippen LogP contribution in [0.4, 0.5) is 5.95 Å². The van der Waals surface area contributed by atoms with Crippen LogP contribution in [0.1, 0.15) is 47.5 Å². The van der Waals surface area contributed by atoms with Crippen molar-refractivity contribution >= 4 is 5.95 Å². The minimum Gasteiger partial charge on any atom is -0.353 e. The van der Waals surface area contributed by atoms with Crippen molar-refractivity contribution in [2.75, 3.05) is 5.32 Å². The van der Waals surface area contributed by atoms with Gasteiger partial charge in [-0.15, -0.1) is 0 Å². The van der Waals surface area contributed by atoms with Crippen molar-refractivity contribution in [2.24, 2.45) is 11.8 Å². The molecule has 0 aliphatic rings. The van der Waals surface area contributed by atoms with E-state index in [2.05, 4.69) is 55.7 Å². The van der Waals surface area contributed by atoms with Crippen molar-refractivity contribution in [1.82, 2.24) is 9.55 Å². The van der Waals surface area contributed by atoms with Crippen molar-refractivity contribution in [3.63, 3.8) is 0 Å². The minimum atomic E-state index is 0.485. The predicted molar refractivity (Wildman–Crippen MR) is 74.2 cm³/mol. The topological polar surface area (TPSA) is 29.9 Å². The normalized spacial score (nSPS) is 13.4. The van der Waals surface area contributed by atoms with Crippen LogP contribution >= 0.6 is 0 Å². The van der Waals surface area contributed by atoms with Crippen molar-refractivity contribution in [1.29, 1.82) is 0 Å². The maximum atomic E-state index is 4.41. The summed E-state index contributed by atoms with van der Waals surface area (Å²) in [7, 11) is 0. The van der Waals surface area contributed by atoms with Gasteiger partial charge in [0, 0.05) is 25.0 Å². The fraction of sp³-hybridized carbons (Fsp3) is 0.786. The summed E-state index contributed by atoms with van der Waals surface area (Å²) in [5.74, 6) is 2.38. The molecule has 0 saturated carbocycles. The van der Waals surface area contributed by atoms with Gasteiger partial charge in [-0.25, -0.2) is 4.98 Å². The van der Waals surface area contributed by atoms with E-state index in [4.69, 9.17) is 0 Å². The molecule has 1 aromatic heterocycles. The number of nitrogens with zero attached hydrogens (tertiary/aromatic N) is 2. The summed E-state index contributed by atoms with van der Waals surface area (Å²) in [4.78, 5) is 4.41. The van der Waals surface area contributed by atoms with Crippen LogP contribution in [0.2, 0.25) is 0 Å². The van der Waals surface area contributed by atoms with Gasteiger partial charge < -0.3 is 9.88 Å². The summed E-state index contributed by atoms with van der Waals surface area (Å²) >= 11 is 0. The molecule has 0 bridgehead atoms. The van der Waals surface area contributed by atoms with Crippen LogP contribution in [0.25, 0.3) is 0 Å². The molecule has 1 N–H and O–H groups in total. The smallest absolute Gasteiger partial charge is 0.202 e. The average Bonchev–Trinajstić information content (AvgIpc) is 2.66. The number of hydrogen-bond acceptors (Lipinski definition) is 2. The Kier molecular flexibility index (Phi) is 5.52. The van der Waals surface area contributed by atoms with Gasteiger partial charge >= 0.3 is 0 Å². The zero-order chi connectivity index (χ0) is 12.8. The number of anilines is 1. The van der Waals surface area contributed by atoms with E-state index >= 15 is 0 Å². The first-order valence-corrected chi connectivity index (χ1v) is 6.86. The van der Waals surface area contributed by atoms with Gasteiger partial charge in [0.25, 0.3) is 0 Å². The lowest BCUT2D eigenvalue weighted by Crippen LogP contribution is -2.27. The summed E-state index contributed by atoms with van der Waals surface area (Å²) < 4.78 is 2.21. The molecule has 0 fully saturated rings. The Morgan fingerprint density at radius 3 is 2.41 bits per heavy atom. The zero-order valence-corrected chi connectivity index (χ0v) is 11.9. The molecule has 17 heavy (non-hydrogen) atoms. The van der Waals surface area contributed by atoms with Crippen molar-refractivity contribution in [3.8, 4) is 0 Å². The van der Waals surface area contributed by atoms with Gasteiger partial charge in [0.1, 0.15) is 0 Å². The number of rotatable bonds is 7. The molecule has 0 saturated heterocycles. The molecule has 0 amide bonds. The molecule has 1 unspecified atom stereocenters. The van der Waals surface area contributed by atoms with Crippen LogP contribution in [-0.4, -0.2) is 15.6 Å². The van der Waals surface area contributed by atoms with Gasteiger partial charge in [0.15, 0.2) is 0 Å². The molecular formula is C14H27N3. The van der Waals surface area contributed by atoms with E-state index in [0.717, 1.165) is 18.4 Å². The number of imidazole rings is 1. The molecule has 1 atom stereocenters. The number of hydrogen-bond donors (Lipinski definition) is 1. The fourth-order valence-electron chi connectivity index (χ4n) is 2.31. The molecular weight excluding hydrogens is 210 g/mol. The number of nitrogens with one attached hydrogen (secondary N) is 1. The Bertz CT molecular complexity index is 313. The molecule has 0 aliphatic carbocycles. The third kappa shape index (κ3) is 4.06. The van der Waals surface area contributed by atoms with Crippen molar-refractivity contribution < 1.29 is 0 Å². The molecule has 1 aromatic rings. The molecule has 0 spiro atoms. The maximum Gasteiger partial charge on any atom is 0.202 e. The molecule has 0 aromatic carbocycles. The van der Waals surface area contributed by atoms with Gasteiger partial charge in [0.05, 0.1) is 0 Å². The van der Waals surface area contributed by atoms with Crippen molar-refractivity contribution in [3.05, 3.63) is 12.4 Å². The van der Waals surface area contributed by atoms with E-state index in [-0.39, 0.29) is 0 Å². The highest BCUT2D eigenvalue weighted by Crippen LogP contribution is 2.17. The van der Waals surface area contributed by atoms with Crippen LogP contribution in [0, 0.1) is 11.8 Å². The lowest BCUT2D eigenvalue weighted by molar-refractivity contribution is 0.432. The second kappa shape index (κ2) is 6.67. The minimum absolute atomic E-state index is 0.485. The monoisotopic (exact) mass is 237 g/mol. The molecule has 3 nitrogen and oxygen atoms in total. The van der Waals surface area contributed by atoms with E-state index in [1.807, 2.05) is 6.20 Å². The maximum absolute atomic E-state index is 4.41. The SMILES string of the molecule is CCC(CC)C(C)Nc1nccn1CC(C)C. The largest absolute Gasteiger partial charge is 0.353 e. The average molecular weight is 237 g/mol. The summed E-state index contributed by atoms with van der Waals surface area (Å²) in [6.07, 6.45) is 6.37. The van der Waals surface area contributed by atoms with Crippen LogP contribution in [0.3, 0.4) is 0 Å². The number of aromatic nitrogens is 2. The molecule has 3 heteroatoms. The van der Waals surface area contributed by atoms with Crippen LogP contribution in [-0.2, 0) is 6.54 Å². The molecule has 1 heterocycles. The highest BCUT2D eigenvalue weighted by Gasteiger charge is 2.15. The summed E-state index contributed by atoms with van der Waals surface area (Å²) in [5, 5.41) is 3.55. The van der Waals surface area contributed by atoms with E-state index in [0.29, 0.717) is 12.0 Å². The summed E-state index contributed by atoms with van der Waals surface area (Å²) in [5.41, 5.74) is 0. The van der Waals surface area contributed by atoms with E-state index in [1.165, 1.54) is 12.8 Å². The van der Waals surface area contributed by atoms with E-state index in [9.17, 15) is 0 Å². The van der Waals surface area contributed by atoms with Gasteiger partial charge in [-0.05, 0) is 18.8 Å². The first-order valence-electron chi connectivity index (χ1n) is 6.86. The Morgan fingerprint density at radius 2 is 1.88 bits per heavy atom. The third-order valence-electron chi connectivity index (χ3n) is 3.39. The molecule has 0 aliphatic heterocycles. The second-order valence-corrected chi connectivity index (χ2v) is 5.31. The summed E-state index contributed by atoms with van der Waals surface area (Å²) in [6.45, 7) is 12.3. The molecule has 1 rings (SSSR count). The van der Waals surface area contributed by atoms with Crippen LogP contribution < -0.4 is 5.32 Å². The van der Waals surface area contributed by atoms with E-state index in [1.54, 1.807) is 0 Å². The van der Waals surface area contributed by atoms with Gasteiger partial charge in [-0.2, -0.15) is 0 Å². The quantitative estimate of drug-likeness (QED) is 0.782. The standard InChI is InChI=1S/C14H27N3/c1-6-13(7-2)12(5)16-14-15-8-9-17(14)10-11(3)4/h8-9,11-13H,6-7,10H2,1-5H3,(H,15,16). The Balaban J connectivity index is 2.64. The first kappa shape index (κ1) is 14.1. The van der Waals surface area contributed by atoms with Crippen molar-refractivity contribution in [2.45, 2.75) is 60.0 Å². The van der Waals surface area contributed by atoms with Gasteiger partial charge in [-0.3, -0.25) is 0 Å². The van der Waals surface area contributed by atoms with Gasteiger partial charge in [0.2, 0.25) is 5.95 Å². The van der Waals surface area contributed by atoms with Crippen LogP contribution in [0.5, 0.6) is 0 Å². The van der Waals surface area contributed by atoms with Crippen LogP contribution in [0.15, 0.2) is 12.4 Å². The predicted octanol–water partition coefficient (Wildman–Crippen LogP) is 3.78. The molecule has 98 valence electrons. The summed E-state index contributed by atoms with van der Waals surface area (Å²) in [6, 6.07) is 0.485. The highest BCUT2D eigenvalue weighted by molar-refractivity contribution is 5.27. The Hall–Kier alpha value is -0.990. The first-order chi connectivity index (χ1) is 8.08. The highest BCUT2D eigenvalue weighted by atomic mass is 15.2. The third-order valence-corrected chi connectivity index (χ3v) is 3.39. The zero-order valence-electron chi connectivity index (χ0n) is 11.9. The fourth-order valence-corrected chi connectivity index (χ4v) is 2.31.